The summed E-state index contributed by atoms with van der Waals surface area (Å²) in [6.45, 7) is 4.99. The molecule has 1 N–H and O–H groups in total. The van der Waals surface area contributed by atoms with Gasteiger partial charge >= 0.3 is 0 Å². The van der Waals surface area contributed by atoms with E-state index in [1.165, 1.54) is 30.6 Å². The lowest BCUT2D eigenvalue weighted by Gasteiger charge is -2.46. The Morgan fingerprint density at radius 1 is 1.16 bits per heavy atom. The fourth-order valence-corrected chi connectivity index (χ4v) is 3.46. The smallest absolute Gasteiger partial charge is 0.0431 e. The number of fused-ring (bicyclic) bond motifs is 3. The first-order valence-electron chi connectivity index (χ1n) is 7.56. The van der Waals surface area contributed by atoms with Gasteiger partial charge in [-0.15, -0.1) is 0 Å². The van der Waals surface area contributed by atoms with Crippen LogP contribution in [0.15, 0.2) is 24.3 Å². The predicted molar refractivity (Wildman–Crippen MR) is 78.7 cm³/mol. The molecule has 1 fully saturated rings. The van der Waals surface area contributed by atoms with E-state index in [0.717, 1.165) is 32.5 Å². The van der Waals surface area contributed by atoms with E-state index in [-0.39, 0.29) is 0 Å². The van der Waals surface area contributed by atoms with Gasteiger partial charge in [-0.05, 0) is 43.9 Å². The Morgan fingerprint density at radius 2 is 2.05 bits per heavy atom. The van der Waals surface area contributed by atoms with Gasteiger partial charge in [0.25, 0.3) is 0 Å². The maximum atomic E-state index is 8.87. The van der Waals surface area contributed by atoms with Crippen LogP contribution in [0.1, 0.15) is 24.8 Å². The first kappa shape index (κ1) is 12.9. The Hall–Kier alpha value is -1.06. The first-order chi connectivity index (χ1) is 9.38. The molecule has 0 saturated carbocycles. The summed E-state index contributed by atoms with van der Waals surface area (Å²) in [5.74, 6) is 0. The molecule has 0 bridgehead atoms. The number of hydrogen-bond donors (Lipinski definition) is 1. The van der Waals surface area contributed by atoms with Crippen molar-refractivity contribution in [2.24, 2.45) is 0 Å². The number of aryl methyl sites for hydroxylation is 1. The molecular formula is C16H24N2O. The summed E-state index contributed by atoms with van der Waals surface area (Å²) in [4.78, 5) is 5.19. The number of aliphatic hydroxyl groups excluding tert-OH is 1. The predicted octanol–water partition coefficient (Wildman–Crippen LogP) is 1.90. The molecule has 0 aliphatic carbocycles. The van der Waals surface area contributed by atoms with E-state index in [1.54, 1.807) is 0 Å². The molecule has 2 aliphatic rings. The Morgan fingerprint density at radius 3 is 2.95 bits per heavy atom. The van der Waals surface area contributed by atoms with E-state index >= 15 is 0 Å². The van der Waals surface area contributed by atoms with Crippen molar-refractivity contribution in [3.8, 4) is 0 Å². The first-order valence-corrected chi connectivity index (χ1v) is 7.56. The van der Waals surface area contributed by atoms with Gasteiger partial charge in [0.05, 0.1) is 0 Å². The molecule has 0 spiro atoms. The highest BCUT2D eigenvalue weighted by Crippen LogP contribution is 2.32. The fourth-order valence-electron chi connectivity index (χ4n) is 3.46. The van der Waals surface area contributed by atoms with Crippen LogP contribution in [0.2, 0.25) is 0 Å². The molecule has 0 radical (unpaired) electrons. The molecule has 1 unspecified atom stereocenters. The second kappa shape index (κ2) is 5.93. The van der Waals surface area contributed by atoms with Crippen molar-refractivity contribution in [1.82, 2.24) is 4.90 Å². The summed E-state index contributed by atoms with van der Waals surface area (Å²) in [5.41, 5.74) is 2.99. The highest BCUT2D eigenvalue weighted by molar-refractivity contribution is 5.57. The van der Waals surface area contributed by atoms with Crippen molar-refractivity contribution in [3.05, 3.63) is 29.8 Å². The number of rotatable bonds is 4. The van der Waals surface area contributed by atoms with Crippen molar-refractivity contribution < 1.29 is 5.11 Å². The van der Waals surface area contributed by atoms with Gasteiger partial charge in [0.1, 0.15) is 0 Å². The third kappa shape index (κ3) is 2.77. The minimum Gasteiger partial charge on any atom is -0.396 e. The number of aliphatic hydroxyl groups is 1. The Labute approximate surface area is 115 Å². The second-order valence-corrected chi connectivity index (χ2v) is 5.75. The third-order valence-corrected chi connectivity index (χ3v) is 4.50. The monoisotopic (exact) mass is 260 g/mol. The molecular weight excluding hydrogens is 236 g/mol. The SMILES string of the molecule is OCCCCN1CCN2c3ccccc3CCC2C1. The number of piperazine rings is 1. The molecule has 2 aliphatic heterocycles. The fraction of sp³-hybridized carbons (Fsp3) is 0.625. The lowest BCUT2D eigenvalue weighted by molar-refractivity contribution is 0.201. The van der Waals surface area contributed by atoms with E-state index in [0.29, 0.717) is 12.6 Å². The van der Waals surface area contributed by atoms with Crippen molar-refractivity contribution >= 4 is 5.69 Å². The van der Waals surface area contributed by atoms with Crippen LogP contribution in [0.5, 0.6) is 0 Å². The summed E-state index contributed by atoms with van der Waals surface area (Å²) >= 11 is 0. The van der Waals surface area contributed by atoms with Gasteiger partial charge in [-0.25, -0.2) is 0 Å². The summed E-state index contributed by atoms with van der Waals surface area (Å²) in [6, 6.07) is 9.57. The van der Waals surface area contributed by atoms with Crippen molar-refractivity contribution in [3.63, 3.8) is 0 Å². The number of para-hydroxylation sites is 1. The molecule has 1 aromatic carbocycles. The van der Waals surface area contributed by atoms with Crippen LogP contribution in [0.3, 0.4) is 0 Å². The van der Waals surface area contributed by atoms with Crippen LogP contribution in [0, 0.1) is 0 Å². The molecule has 3 rings (SSSR count). The van der Waals surface area contributed by atoms with Gasteiger partial charge in [-0.3, -0.25) is 4.90 Å². The number of hydrogen-bond acceptors (Lipinski definition) is 3. The quantitative estimate of drug-likeness (QED) is 0.838. The second-order valence-electron chi connectivity index (χ2n) is 5.75. The summed E-state index contributed by atoms with van der Waals surface area (Å²) in [6.07, 6.45) is 4.57. The normalized spacial score (nSPS) is 23.0. The molecule has 104 valence electrons. The molecule has 0 aromatic heterocycles. The zero-order chi connectivity index (χ0) is 13.1. The highest BCUT2D eigenvalue weighted by Gasteiger charge is 2.30. The maximum absolute atomic E-state index is 8.87. The zero-order valence-corrected chi connectivity index (χ0v) is 11.6. The van der Waals surface area contributed by atoms with Crippen LogP contribution in [0.4, 0.5) is 5.69 Å². The third-order valence-electron chi connectivity index (χ3n) is 4.50. The summed E-state index contributed by atoms with van der Waals surface area (Å²) in [5, 5.41) is 8.87. The van der Waals surface area contributed by atoms with Crippen LogP contribution in [0.25, 0.3) is 0 Å². The van der Waals surface area contributed by atoms with Crippen LogP contribution < -0.4 is 4.90 Å². The van der Waals surface area contributed by atoms with Gasteiger partial charge in [-0.1, -0.05) is 18.2 Å². The summed E-state index contributed by atoms with van der Waals surface area (Å²) < 4.78 is 0. The standard InChI is InChI=1S/C16H24N2O/c19-12-4-3-9-17-10-11-18-15(13-17)8-7-14-5-1-2-6-16(14)18/h1-2,5-6,15,19H,3-4,7-13H2. The minimum absolute atomic E-state index is 0.330. The number of benzene rings is 1. The average molecular weight is 260 g/mol. The van der Waals surface area contributed by atoms with Crippen LogP contribution in [-0.2, 0) is 6.42 Å². The lowest BCUT2D eigenvalue weighted by Crippen LogP contribution is -2.55. The molecule has 0 amide bonds. The molecule has 1 atom stereocenters. The molecule has 3 nitrogen and oxygen atoms in total. The molecule has 19 heavy (non-hydrogen) atoms. The van der Waals surface area contributed by atoms with E-state index in [1.807, 2.05) is 0 Å². The number of nitrogens with zero attached hydrogens (tertiary/aromatic N) is 2. The zero-order valence-electron chi connectivity index (χ0n) is 11.6. The van der Waals surface area contributed by atoms with E-state index in [4.69, 9.17) is 5.11 Å². The average Bonchev–Trinajstić information content (AvgIpc) is 2.47. The van der Waals surface area contributed by atoms with Gasteiger partial charge in [0.15, 0.2) is 0 Å². The van der Waals surface area contributed by atoms with Crippen LogP contribution >= 0.6 is 0 Å². The van der Waals surface area contributed by atoms with Crippen LogP contribution in [-0.4, -0.2) is 48.8 Å². The minimum atomic E-state index is 0.330. The highest BCUT2D eigenvalue weighted by atomic mass is 16.2. The van der Waals surface area contributed by atoms with Gasteiger partial charge in [0, 0.05) is 38.0 Å². The van der Waals surface area contributed by atoms with Gasteiger partial charge in [0.2, 0.25) is 0 Å². The number of anilines is 1. The molecule has 1 aromatic rings. The molecule has 3 heteroatoms. The maximum Gasteiger partial charge on any atom is 0.0431 e. The van der Waals surface area contributed by atoms with E-state index in [9.17, 15) is 0 Å². The Kier molecular flexibility index (Phi) is 4.04. The lowest BCUT2D eigenvalue weighted by atomic mass is 9.94. The molecule has 2 heterocycles. The van der Waals surface area contributed by atoms with E-state index in [2.05, 4.69) is 34.1 Å². The van der Waals surface area contributed by atoms with E-state index < -0.39 is 0 Å². The van der Waals surface area contributed by atoms with Crippen molar-refractivity contribution in [1.29, 1.82) is 0 Å². The topological polar surface area (TPSA) is 26.7 Å². The largest absolute Gasteiger partial charge is 0.396 e. The van der Waals surface area contributed by atoms with Crippen molar-refractivity contribution in [2.45, 2.75) is 31.7 Å². The molecule has 1 saturated heterocycles. The van der Waals surface area contributed by atoms with Gasteiger partial charge in [-0.2, -0.15) is 0 Å². The summed E-state index contributed by atoms with van der Waals surface area (Å²) in [7, 11) is 0. The Bertz CT molecular complexity index is 421. The number of unbranched alkanes of at least 4 members (excludes halogenated alkanes) is 1. The Balaban J connectivity index is 1.63. The van der Waals surface area contributed by atoms with Crippen molar-refractivity contribution in [2.75, 3.05) is 37.7 Å². The van der Waals surface area contributed by atoms with Gasteiger partial charge < -0.3 is 10.0 Å².